The molecule has 232 valence electrons. The number of nitrogens with two attached hydrogens (primary N) is 1. The first-order valence-corrected chi connectivity index (χ1v) is 15.9. The molecule has 4 aliphatic rings. The van der Waals surface area contributed by atoms with E-state index in [9.17, 15) is 9.90 Å². The summed E-state index contributed by atoms with van der Waals surface area (Å²) in [6.07, 6.45) is 10.8. The molecule has 5 heterocycles. The molecule has 1 aliphatic carbocycles. The van der Waals surface area contributed by atoms with Crippen LogP contribution < -0.4 is 15.5 Å². The number of aliphatic carboxylic acids is 1. The second-order valence-corrected chi connectivity index (χ2v) is 12.7. The van der Waals surface area contributed by atoms with Gasteiger partial charge >= 0.3 is 5.97 Å². The first kappa shape index (κ1) is 28.7. The lowest BCUT2D eigenvalue weighted by atomic mass is 9.82. The van der Waals surface area contributed by atoms with Crippen molar-refractivity contribution in [2.24, 2.45) is 0 Å². The minimum absolute atomic E-state index is 0.145. The van der Waals surface area contributed by atoms with E-state index in [4.69, 9.17) is 20.8 Å². The van der Waals surface area contributed by atoms with Gasteiger partial charge in [-0.25, -0.2) is 9.97 Å². The minimum Gasteiger partial charge on any atom is -0.507 e. The number of nitrogens with zero attached hydrogens (tertiary/aromatic N) is 8. The van der Waals surface area contributed by atoms with Crippen molar-refractivity contribution in [1.82, 2.24) is 30.0 Å². The summed E-state index contributed by atoms with van der Waals surface area (Å²) in [7, 11) is 0. The van der Waals surface area contributed by atoms with Crippen LogP contribution in [0.4, 0.5) is 17.5 Å². The van der Waals surface area contributed by atoms with Gasteiger partial charge in [-0.15, -0.1) is 10.2 Å². The standard InChI is InChI=1S/C32H41N9O3/c33-31-28(15-27(36-37-31)26-3-1-2-4-29(26)42)40-18-24-9-10-25(19-40)41(24)32-34-16-22(17-35-32)21-5-7-23(8-6-21)39-13-11-38(12-14-39)20-30(43)44/h1-4,15-17,21,23-25,42H,5-14,18-20H2,(H2,33,37)(H,43,44). The van der Waals surface area contributed by atoms with Crippen LogP contribution in [0.2, 0.25) is 0 Å². The molecule has 1 saturated carbocycles. The Hall–Kier alpha value is -4.03. The van der Waals surface area contributed by atoms with E-state index in [1.54, 1.807) is 12.1 Å². The number of hydrogen-bond acceptors (Lipinski definition) is 11. The van der Waals surface area contributed by atoms with Crippen molar-refractivity contribution in [2.45, 2.75) is 62.6 Å². The average Bonchev–Trinajstić information content (AvgIpc) is 3.30. The van der Waals surface area contributed by atoms with Gasteiger partial charge in [-0.05, 0) is 68.2 Å². The molecule has 12 heteroatoms. The summed E-state index contributed by atoms with van der Waals surface area (Å²) < 4.78 is 0. The number of phenolic OH excluding ortho intramolecular Hbond substituents is 1. The van der Waals surface area contributed by atoms with Crippen molar-refractivity contribution in [3.05, 3.63) is 48.3 Å². The Balaban J connectivity index is 0.965. The molecule has 4 N–H and O–H groups in total. The lowest BCUT2D eigenvalue weighted by Crippen LogP contribution is -2.54. The Labute approximate surface area is 257 Å². The first-order chi connectivity index (χ1) is 21.4. The molecule has 1 aromatic carbocycles. The molecule has 3 aliphatic heterocycles. The lowest BCUT2D eigenvalue weighted by molar-refractivity contribution is -0.138. The summed E-state index contributed by atoms with van der Waals surface area (Å²) in [4.78, 5) is 30.1. The normalized spacial score (nSPS) is 26.2. The molecule has 0 spiro atoms. The van der Waals surface area contributed by atoms with E-state index in [-0.39, 0.29) is 24.4 Å². The van der Waals surface area contributed by atoms with E-state index in [1.807, 2.05) is 35.5 Å². The summed E-state index contributed by atoms with van der Waals surface area (Å²) >= 11 is 0. The topological polar surface area (TPSA) is 148 Å². The van der Waals surface area contributed by atoms with Crippen LogP contribution in [0.3, 0.4) is 0 Å². The molecule has 2 unspecified atom stereocenters. The largest absolute Gasteiger partial charge is 0.507 e. The Morgan fingerprint density at radius 1 is 0.886 bits per heavy atom. The third kappa shape index (κ3) is 5.75. The summed E-state index contributed by atoms with van der Waals surface area (Å²) in [6, 6.07) is 10.2. The second-order valence-electron chi connectivity index (χ2n) is 12.7. The highest BCUT2D eigenvalue weighted by Crippen LogP contribution is 2.39. The Bertz CT molecular complexity index is 1460. The second kappa shape index (κ2) is 12.2. The molecule has 0 amide bonds. The fourth-order valence-electron chi connectivity index (χ4n) is 7.82. The van der Waals surface area contributed by atoms with Crippen molar-refractivity contribution in [3.63, 3.8) is 0 Å². The fraction of sp³-hybridized carbons (Fsp3) is 0.531. The van der Waals surface area contributed by atoms with Gasteiger partial charge < -0.3 is 25.7 Å². The van der Waals surface area contributed by atoms with E-state index in [0.717, 1.165) is 89.4 Å². The smallest absolute Gasteiger partial charge is 0.317 e. The van der Waals surface area contributed by atoms with Crippen molar-refractivity contribution < 1.29 is 15.0 Å². The molecule has 2 bridgehead atoms. The van der Waals surface area contributed by atoms with Crippen molar-refractivity contribution >= 4 is 23.4 Å². The number of carboxylic acid groups (broad SMARTS) is 1. The van der Waals surface area contributed by atoms with Gasteiger partial charge in [-0.1, -0.05) is 12.1 Å². The number of carbonyl (C=O) groups is 1. The number of aromatic hydroxyl groups is 1. The predicted molar refractivity (Wildman–Crippen MR) is 168 cm³/mol. The number of benzene rings is 1. The van der Waals surface area contributed by atoms with Gasteiger partial charge in [-0.2, -0.15) is 0 Å². The van der Waals surface area contributed by atoms with Crippen LogP contribution in [0.1, 0.15) is 50.0 Å². The number of anilines is 3. The highest BCUT2D eigenvalue weighted by Gasteiger charge is 2.42. The molecule has 2 atom stereocenters. The molecular formula is C32H41N9O3. The predicted octanol–water partition coefficient (Wildman–Crippen LogP) is 2.81. The van der Waals surface area contributed by atoms with Crippen LogP contribution in [0.15, 0.2) is 42.7 Å². The van der Waals surface area contributed by atoms with E-state index in [0.29, 0.717) is 29.0 Å². The van der Waals surface area contributed by atoms with Crippen LogP contribution in [-0.2, 0) is 4.79 Å². The number of fused-ring (bicyclic) bond motifs is 2. The number of phenols is 1. The number of piperazine rings is 2. The molecule has 2 aromatic heterocycles. The van der Waals surface area contributed by atoms with Gasteiger partial charge in [0, 0.05) is 75.4 Å². The highest BCUT2D eigenvalue weighted by molar-refractivity contribution is 5.74. The van der Waals surface area contributed by atoms with Crippen molar-refractivity contribution in [3.8, 4) is 17.0 Å². The monoisotopic (exact) mass is 599 g/mol. The van der Waals surface area contributed by atoms with Crippen LogP contribution in [0.25, 0.3) is 11.3 Å². The fourth-order valence-corrected chi connectivity index (χ4v) is 7.82. The van der Waals surface area contributed by atoms with Gasteiger partial charge in [0.25, 0.3) is 0 Å². The molecule has 7 rings (SSSR count). The number of rotatable bonds is 7. The Morgan fingerprint density at radius 3 is 2.20 bits per heavy atom. The SMILES string of the molecule is Nc1nnc(-c2ccccc2O)cc1N1CC2CCC(C1)N2c1ncc(C2CCC(N3CCN(CC(=O)O)CC3)CC2)cn1. The highest BCUT2D eigenvalue weighted by atomic mass is 16.4. The molecule has 44 heavy (non-hydrogen) atoms. The maximum atomic E-state index is 11.0. The zero-order chi connectivity index (χ0) is 30.2. The Morgan fingerprint density at radius 2 is 1.55 bits per heavy atom. The molecule has 12 nitrogen and oxygen atoms in total. The maximum absolute atomic E-state index is 11.0. The zero-order valence-corrected chi connectivity index (χ0v) is 25.0. The molecule has 3 saturated heterocycles. The third-order valence-corrected chi connectivity index (χ3v) is 10.1. The van der Waals surface area contributed by atoms with E-state index in [2.05, 4.69) is 24.9 Å². The summed E-state index contributed by atoms with van der Waals surface area (Å²) in [5.41, 5.74) is 9.64. The van der Waals surface area contributed by atoms with Crippen LogP contribution >= 0.6 is 0 Å². The number of hydrogen-bond donors (Lipinski definition) is 3. The third-order valence-electron chi connectivity index (χ3n) is 10.1. The molecule has 0 radical (unpaired) electrons. The molecule has 3 aromatic rings. The molecular weight excluding hydrogens is 558 g/mol. The first-order valence-electron chi connectivity index (χ1n) is 15.9. The number of aromatic nitrogens is 4. The average molecular weight is 600 g/mol. The molecule has 4 fully saturated rings. The van der Waals surface area contributed by atoms with Crippen LogP contribution in [0, 0.1) is 0 Å². The zero-order valence-electron chi connectivity index (χ0n) is 25.0. The summed E-state index contributed by atoms with van der Waals surface area (Å²) in [5.74, 6) is 1.12. The van der Waals surface area contributed by atoms with E-state index < -0.39 is 5.97 Å². The van der Waals surface area contributed by atoms with Crippen LogP contribution in [0.5, 0.6) is 5.75 Å². The maximum Gasteiger partial charge on any atom is 0.317 e. The number of nitrogen functional groups attached to an aromatic ring is 1. The lowest BCUT2D eigenvalue weighted by Gasteiger charge is -2.42. The van der Waals surface area contributed by atoms with Gasteiger partial charge in [0.1, 0.15) is 5.75 Å². The minimum atomic E-state index is -0.741. The van der Waals surface area contributed by atoms with Gasteiger partial charge in [0.2, 0.25) is 5.95 Å². The Kier molecular flexibility index (Phi) is 7.94. The van der Waals surface area contributed by atoms with Gasteiger partial charge in [0.05, 0.1) is 17.9 Å². The van der Waals surface area contributed by atoms with Gasteiger partial charge in [-0.3, -0.25) is 14.6 Å². The van der Waals surface area contributed by atoms with E-state index >= 15 is 0 Å². The van der Waals surface area contributed by atoms with Crippen molar-refractivity contribution in [1.29, 1.82) is 0 Å². The van der Waals surface area contributed by atoms with Crippen LogP contribution in [-0.4, -0.2) is 110 Å². The summed E-state index contributed by atoms with van der Waals surface area (Å²) in [5, 5.41) is 27.9. The van der Waals surface area contributed by atoms with Crippen molar-refractivity contribution in [2.75, 3.05) is 61.3 Å². The van der Waals surface area contributed by atoms with E-state index in [1.165, 1.54) is 5.56 Å². The van der Waals surface area contributed by atoms with Gasteiger partial charge in [0.15, 0.2) is 5.82 Å². The quantitative estimate of drug-likeness (QED) is 0.367. The number of para-hydroxylation sites is 1. The summed E-state index contributed by atoms with van der Waals surface area (Å²) in [6.45, 7) is 5.33. The number of carboxylic acids is 1.